The Balaban J connectivity index is 2.01. The minimum absolute atomic E-state index is 0.178. The number of fused-ring (bicyclic) bond motifs is 1. The third-order valence-electron chi connectivity index (χ3n) is 4.83. The molecular formula is C20H16ClN3O5. The van der Waals surface area contributed by atoms with Crippen LogP contribution in [0.3, 0.4) is 0 Å². The van der Waals surface area contributed by atoms with Crippen molar-refractivity contribution in [1.29, 1.82) is 0 Å². The van der Waals surface area contributed by atoms with Gasteiger partial charge in [-0.1, -0.05) is 35.9 Å². The number of aromatic amines is 1. The summed E-state index contributed by atoms with van der Waals surface area (Å²) in [5.74, 6) is -1.75. The van der Waals surface area contributed by atoms with Crippen LogP contribution in [0.25, 0.3) is 16.6 Å². The number of halogens is 1. The van der Waals surface area contributed by atoms with Gasteiger partial charge in [-0.25, -0.2) is 4.98 Å². The highest BCUT2D eigenvalue weighted by molar-refractivity contribution is 6.30. The second-order valence-corrected chi connectivity index (χ2v) is 6.95. The molecule has 1 aromatic heterocycles. The van der Waals surface area contributed by atoms with Gasteiger partial charge in [0, 0.05) is 17.1 Å². The van der Waals surface area contributed by atoms with Gasteiger partial charge < -0.3 is 20.3 Å². The maximum absolute atomic E-state index is 12.7. The van der Waals surface area contributed by atoms with Crippen molar-refractivity contribution in [3.63, 3.8) is 0 Å². The topological polar surface area (TPSA) is 127 Å². The number of amides is 1. The summed E-state index contributed by atoms with van der Waals surface area (Å²) in [5, 5.41) is 32.0. The van der Waals surface area contributed by atoms with Gasteiger partial charge in [0.25, 0.3) is 11.5 Å². The van der Waals surface area contributed by atoms with Crippen molar-refractivity contribution in [1.82, 2.24) is 14.9 Å². The number of hydrogen-bond acceptors (Lipinski definition) is 6. The Labute approximate surface area is 169 Å². The number of aliphatic hydroxyl groups excluding tert-OH is 2. The molecule has 1 unspecified atom stereocenters. The van der Waals surface area contributed by atoms with Crippen LogP contribution in [0, 0.1) is 0 Å². The lowest BCUT2D eigenvalue weighted by Gasteiger charge is -2.35. The SMILES string of the molecule is O=C1C(O)=C(c2nc3ccccc3[nH]c2=O)C(O)(c2ccc(Cl)cc2)N1CCO. The summed E-state index contributed by atoms with van der Waals surface area (Å²) in [6, 6.07) is 12.7. The van der Waals surface area contributed by atoms with Gasteiger partial charge in [-0.2, -0.15) is 0 Å². The van der Waals surface area contributed by atoms with Crippen molar-refractivity contribution in [2.75, 3.05) is 13.2 Å². The van der Waals surface area contributed by atoms with Gasteiger partial charge in [-0.15, -0.1) is 0 Å². The lowest BCUT2D eigenvalue weighted by Crippen LogP contribution is -2.47. The zero-order valence-electron chi connectivity index (χ0n) is 15.0. The highest BCUT2D eigenvalue weighted by atomic mass is 35.5. The summed E-state index contributed by atoms with van der Waals surface area (Å²) >= 11 is 5.93. The first-order chi connectivity index (χ1) is 13.9. The van der Waals surface area contributed by atoms with E-state index in [2.05, 4.69) is 9.97 Å². The molecule has 4 rings (SSSR count). The van der Waals surface area contributed by atoms with E-state index in [9.17, 15) is 24.9 Å². The molecule has 2 heterocycles. The molecule has 9 heteroatoms. The van der Waals surface area contributed by atoms with E-state index >= 15 is 0 Å². The first-order valence-electron chi connectivity index (χ1n) is 8.72. The molecule has 29 heavy (non-hydrogen) atoms. The van der Waals surface area contributed by atoms with Gasteiger partial charge in [0.2, 0.25) is 0 Å². The number of nitrogens with one attached hydrogen (secondary N) is 1. The maximum atomic E-state index is 12.7. The molecule has 0 fully saturated rings. The summed E-state index contributed by atoms with van der Waals surface area (Å²) in [5.41, 5.74) is -2.51. The number of carbonyl (C=O) groups is 1. The zero-order chi connectivity index (χ0) is 20.8. The molecule has 0 saturated carbocycles. The molecule has 1 atom stereocenters. The van der Waals surface area contributed by atoms with Crippen LogP contribution < -0.4 is 5.56 Å². The van der Waals surface area contributed by atoms with Gasteiger partial charge in [-0.3, -0.25) is 14.5 Å². The monoisotopic (exact) mass is 413 g/mol. The number of hydrogen-bond donors (Lipinski definition) is 4. The Bertz CT molecular complexity index is 1200. The van der Waals surface area contributed by atoms with E-state index < -0.39 is 29.6 Å². The van der Waals surface area contributed by atoms with Crippen LogP contribution in [-0.4, -0.2) is 49.2 Å². The van der Waals surface area contributed by atoms with Crippen molar-refractivity contribution in [3.8, 4) is 0 Å². The highest BCUT2D eigenvalue weighted by Gasteiger charge is 2.54. The summed E-state index contributed by atoms with van der Waals surface area (Å²) in [6.07, 6.45) is 0. The molecule has 0 spiro atoms. The Morgan fingerprint density at radius 3 is 2.48 bits per heavy atom. The van der Waals surface area contributed by atoms with Crippen LogP contribution in [0.5, 0.6) is 0 Å². The first kappa shape index (κ1) is 19.1. The lowest BCUT2D eigenvalue weighted by molar-refractivity contribution is -0.145. The number of para-hydroxylation sites is 2. The molecule has 2 aromatic carbocycles. The fourth-order valence-corrected chi connectivity index (χ4v) is 3.63. The number of benzene rings is 2. The third kappa shape index (κ3) is 2.89. The van der Waals surface area contributed by atoms with E-state index in [-0.39, 0.29) is 23.4 Å². The maximum Gasteiger partial charge on any atom is 0.292 e. The standard InChI is InChI=1S/C20H16ClN3O5/c21-12-7-5-11(6-8-12)20(29)15(17(26)19(28)24(20)9-10-25)16-18(27)23-14-4-2-1-3-13(14)22-16/h1-8,25-26,29H,9-10H2,(H,23,27). The van der Waals surface area contributed by atoms with Gasteiger partial charge in [0.05, 0.1) is 23.2 Å². The second-order valence-electron chi connectivity index (χ2n) is 6.51. The molecule has 0 radical (unpaired) electrons. The number of nitrogens with zero attached hydrogens (tertiary/aromatic N) is 2. The van der Waals surface area contributed by atoms with E-state index in [1.807, 2.05) is 0 Å². The Kier molecular flexibility index (Phi) is 4.62. The first-order valence-corrected chi connectivity index (χ1v) is 9.10. The fraction of sp³-hybridized carbons (Fsp3) is 0.150. The van der Waals surface area contributed by atoms with Crippen molar-refractivity contribution < 1.29 is 20.1 Å². The molecule has 8 nitrogen and oxygen atoms in total. The van der Waals surface area contributed by atoms with Crippen molar-refractivity contribution in [2.45, 2.75) is 5.72 Å². The van der Waals surface area contributed by atoms with E-state index in [1.54, 1.807) is 24.3 Å². The summed E-state index contributed by atoms with van der Waals surface area (Å²) in [4.78, 5) is 33.2. The number of β-amino-alcohol motifs (C(OH)–C–C–N with tert-alkyl or cyclic N) is 1. The number of aromatic nitrogens is 2. The van der Waals surface area contributed by atoms with Crippen LogP contribution in [0.15, 0.2) is 59.1 Å². The average molecular weight is 414 g/mol. The van der Waals surface area contributed by atoms with Crippen LogP contribution in [-0.2, 0) is 10.5 Å². The molecule has 0 aliphatic carbocycles. The largest absolute Gasteiger partial charge is 0.503 e. The van der Waals surface area contributed by atoms with Crippen LogP contribution >= 0.6 is 11.6 Å². The summed E-state index contributed by atoms with van der Waals surface area (Å²) < 4.78 is 0. The fourth-order valence-electron chi connectivity index (χ4n) is 3.50. The lowest BCUT2D eigenvalue weighted by atomic mass is 9.92. The predicted molar refractivity (Wildman–Crippen MR) is 106 cm³/mol. The minimum Gasteiger partial charge on any atom is -0.503 e. The number of aliphatic hydroxyl groups is 3. The van der Waals surface area contributed by atoms with Crippen LogP contribution in [0.4, 0.5) is 0 Å². The van der Waals surface area contributed by atoms with E-state index in [0.717, 1.165) is 4.90 Å². The number of rotatable bonds is 4. The highest BCUT2D eigenvalue weighted by Crippen LogP contribution is 2.45. The molecular weight excluding hydrogens is 398 g/mol. The Hall–Kier alpha value is -3.20. The van der Waals surface area contributed by atoms with Crippen LogP contribution in [0.2, 0.25) is 5.02 Å². The van der Waals surface area contributed by atoms with Crippen molar-refractivity contribution >= 4 is 34.1 Å². The molecule has 0 bridgehead atoms. The average Bonchev–Trinajstić information content (AvgIpc) is 2.90. The second kappa shape index (κ2) is 7.00. The molecule has 4 N–H and O–H groups in total. The number of carbonyl (C=O) groups excluding carboxylic acids is 1. The molecule has 3 aromatic rings. The van der Waals surface area contributed by atoms with E-state index in [1.165, 1.54) is 24.3 Å². The Morgan fingerprint density at radius 1 is 1.10 bits per heavy atom. The third-order valence-corrected chi connectivity index (χ3v) is 5.08. The molecule has 0 saturated heterocycles. The van der Waals surface area contributed by atoms with Crippen molar-refractivity contribution in [3.05, 3.63) is 80.9 Å². The molecule has 1 amide bonds. The van der Waals surface area contributed by atoms with E-state index in [4.69, 9.17) is 11.6 Å². The molecule has 148 valence electrons. The number of H-pyrrole nitrogens is 1. The minimum atomic E-state index is -2.23. The van der Waals surface area contributed by atoms with Gasteiger partial charge in [0.1, 0.15) is 5.69 Å². The quantitative estimate of drug-likeness (QED) is 0.513. The summed E-state index contributed by atoms with van der Waals surface area (Å²) in [6.45, 7) is -0.749. The smallest absolute Gasteiger partial charge is 0.292 e. The molecule has 1 aliphatic heterocycles. The van der Waals surface area contributed by atoms with E-state index in [0.29, 0.717) is 16.1 Å². The molecule has 1 aliphatic rings. The van der Waals surface area contributed by atoms with Gasteiger partial charge in [-0.05, 0) is 24.3 Å². The van der Waals surface area contributed by atoms with Crippen LogP contribution in [0.1, 0.15) is 11.3 Å². The van der Waals surface area contributed by atoms with Crippen molar-refractivity contribution in [2.24, 2.45) is 0 Å². The van der Waals surface area contributed by atoms with Gasteiger partial charge in [0.15, 0.2) is 11.5 Å². The van der Waals surface area contributed by atoms with Gasteiger partial charge >= 0.3 is 0 Å². The summed E-state index contributed by atoms with van der Waals surface area (Å²) in [7, 11) is 0. The zero-order valence-corrected chi connectivity index (χ0v) is 15.7. The Morgan fingerprint density at radius 2 is 1.79 bits per heavy atom. The normalized spacial score (nSPS) is 19.4. The predicted octanol–water partition coefficient (Wildman–Crippen LogP) is 1.53.